The average Bonchev–Trinajstić information content (AvgIpc) is 1.71. The number of para-hydroxylation sites is 2. The zero-order valence-electron chi connectivity index (χ0n) is 61.1. The number of hydrogen-bond donors (Lipinski definition) is 19. The maximum absolute atomic E-state index is 15.0. The van der Waals surface area contributed by atoms with Crippen LogP contribution in [-0.4, -0.2) is 202 Å². The van der Waals surface area contributed by atoms with E-state index in [1.807, 2.05) is 0 Å². The van der Waals surface area contributed by atoms with Gasteiger partial charge in [0.2, 0.25) is 82.7 Å². The number of aromatic amines is 2. The zero-order valence-corrected chi connectivity index (χ0v) is 62.0. The molecule has 6 rings (SSSR count). The predicted molar refractivity (Wildman–Crippen MR) is 401 cm³/mol. The van der Waals surface area contributed by atoms with E-state index in [0.29, 0.717) is 57.8 Å². The summed E-state index contributed by atoms with van der Waals surface area (Å²) in [7, 11) is 0. The Balaban J connectivity index is 1.40. The number of hydrogen-bond acceptors (Lipinski definition) is 18. The summed E-state index contributed by atoms with van der Waals surface area (Å²) in [4.78, 5) is 205. The third kappa shape index (κ3) is 26.2. The van der Waals surface area contributed by atoms with Gasteiger partial charge in [-0.25, -0.2) is 0 Å². The number of nitrogens with one attached hydrogen (secondary N) is 14. The number of amides is 14. The molecule has 33 nitrogen and oxygen atoms in total. The number of thioether (sulfide) groups is 1. The van der Waals surface area contributed by atoms with Gasteiger partial charge in [-0.3, -0.25) is 67.1 Å². The number of primary amides is 2. The second kappa shape index (κ2) is 42.6. The number of benzene rings is 3. The van der Waals surface area contributed by atoms with Gasteiger partial charge in [-0.15, -0.1) is 11.8 Å². The smallest absolute Gasteiger partial charge is 0.245 e. The summed E-state index contributed by atoms with van der Waals surface area (Å²) in [6, 6.07) is 6.35. The lowest BCUT2D eigenvalue weighted by Crippen LogP contribution is -2.62. The highest BCUT2D eigenvalue weighted by atomic mass is 32.2. The molecule has 12 atom stereocenters. The number of carbonyl (C=O) groups is 14. The predicted octanol–water partition coefficient (Wildman–Crippen LogP) is -2.16. The van der Waals surface area contributed by atoms with E-state index >= 15 is 4.79 Å². The highest BCUT2D eigenvalue weighted by molar-refractivity contribution is 8.00. The van der Waals surface area contributed by atoms with E-state index in [4.69, 9.17) is 22.9 Å². The van der Waals surface area contributed by atoms with Crippen molar-refractivity contribution in [2.75, 3.05) is 37.7 Å². The van der Waals surface area contributed by atoms with Crippen molar-refractivity contribution in [1.82, 2.24) is 73.8 Å². The number of H-pyrrole nitrogens is 2. The molecule has 107 heavy (non-hydrogen) atoms. The highest BCUT2D eigenvalue weighted by Gasteiger charge is 2.39. The summed E-state index contributed by atoms with van der Waals surface area (Å²) >= 11 is 0.871. The van der Waals surface area contributed by atoms with Gasteiger partial charge in [0.05, 0.1) is 25.3 Å². The van der Waals surface area contributed by atoms with E-state index in [0.717, 1.165) is 11.8 Å². The van der Waals surface area contributed by atoms with Crippen LogP contribution >= 0.6 is 11.8 Å². The lowest BCUT2D eigenvalue weighted by molar-refractivity contribution is -0.137. The number of aliphatic hydroxyl groups excluding tert-OH is 1. The normalized spacial score (nSPS) is 23.7. The van der Waals surface area contributed by atoms with Gasteiger partial charge in [-0.05, 0) is 98.2 Å². The van der Waals surface area contributed by atoms with Crippen LogP contribution in [0.2, 0.25) is 0 Å². The average molecular weight is 1510 g/mol. The van der Waals surface area contributed by atoms with Crippen molar-refractivity contribution in [3.63, 3.8) is 0 Å². The molecule has 0 unspecified atom stereocenters. The molecule has 1 aliphatic heterocycles. The highest BCUT2D eigenvalue weighted by Crippen LogP contribution is 2.23. The number of aliphatic hydroxyl groups is 1. The molecule has 34 heteroatoms. The van der Waals surface area contributed by atoms with Crippen LogP contribution in [0.5, 0.6) is 0 Å². The summed E-state index contributed by atoms with van der Waals surface area (Å²) in [6.07, 6.45) is 3.34. The Labute approximate surface area is 624 Å². The molecular formula is C73H104N18O15S. The molecule has 0 saturated carbocycles. The number of nitrogens with two attached hydrogens (primary N) is 4. The fourth-order valence-corrected chi connectivity index (χ4v) is 12.9. The molecule has 0 radical (unpaired) electrons. The first-order valence-corrected chi connectivity index (χ1v) is 37.1. The van der Waals surface area contributed by atoms with Gasteiger partial charge in [0.1, 0.15) is 66.5 Å². The van der Waals surface area contributed by atoms with Crippen molar-refractivity contribution in [1.29, 1.82) is 0 Å². The summed E-state index contributed by atoms with van der Waals surface area (Å²) in [5.74, 6) is -15.8. The standard InChI is InChI=1S/C73H104N18O15S/c1-7-41(6)62-73(106)87-55(36-92)64(97)80-35-58(94)81-49(25-15-17-27-74)65(98)86-54(32-57(76)93)67(100)85-53(31-44-34-79-48-24-14-12-22-46(44)48)70(103)89-60(39(2)3)71(104)83-50(26-16-18-28-75)66(99)84-52(30-43-33-78-47-23-13-11-21-45(43)47)69(102)90-61(40(4)5)72(105)88-56(63(77)96)37-107-38-59(95)82-51(68(101)91-62)29-42-19-9-8-10-20-42/h8-14,19-24,33-34,39-41,49-56,60-62,78-79,92H,7,15-18,25-32,35-38,74-75H2,1-6H3,(H2,76,93)(H2,77,96)(H,80,97)(H,81,94)(H,82,95)(H,83,104)(H,84,99)(H,85,100)(H,86,98)(H,87,106)(H,88,105)(H,89,103)(H,90,102)(H,91,101)/t41-,49-,50-,51-,52-,53-,54-,55-,56-,60-,61-,62-/m0/s1. The van der Waals surface area contributed by atoms with Gasteiger partial charge in [0.15, 0.2) is 0 Å². The van der Waals surface area contributed by atoms with E-state index in [1.54, 1.807) is 133 Å². The summed E-state index contributed by atoms with van der Waals surface area (Å²) in [6.45, 7) is 8.37. The molecular weight excluding hydrogens is 1400 g/mol. The molecule has 3 aromatic carbocycles. The van der Waals surface area contributed by atoms with Gasteiger partial charge in [-0.1, -0.05) is 115 Å². The first-order valence-electron chi connectivity index (χ1n) is 36.0. The van der Waals surface area contributed by atoms with E-state index in [-0.39, 0.29) is 63.8 Å². The van der Waals surface area contributed by atoms with E-state index in [1.165, 1.54) is 0 Å². The van der Waals surface area contributed by atoms with Gasteiger partial charge in [-0.2, -0.15) is 0 Å². The molecule has 23 N–H and O–H groups in total. The van der Waals surface area contributed by atoms with Crippen LogP contribution in [0.4, 0.5) is 0 Å². The van der Waals surface area contributed by atoms with E-state index < -0.39 is 192 Å². The molecule has 1 aliphatic rings. The van der Waals surface area contributed by atoms with E-state index in [2.05, 4.69) is 73.8 Å². The summed E-state index contributed by atoms with van der Waals surface area (Å²) < 4.78 is 0. The van der Waals surface area contributed by atoms with Gasteiger partial charge < -0.3 is 102 Å². The van der Waals surface area contributed by atoms with Crippen molar-refractivity contribution in [3.05, 3.63) is 108 Å². The van der Waals surface area contributed by atoms with Crippen molar-refractivity contribution in [2.45, 2.75) is 179 Å². The zero-order chi connectivity index (χ0) is 78.4. The molecule has 582 valence electrons. The van der Waals surface area contributed by atoms with Crippen molar-refractivity contribution >= 4 is 116 Å². The Hall–Kier alpha value is -10.4. The number of unbranched alkanes of at least 4 members (excludes halogenated alkanes) is 2. The van der Waals surface area contributed by atoms with Crippen LogP contribution in [0, 0.1) is 17.8 Å². The Bertz CT molecular complexity index is 3910. The lowest BCUT2D eigenvalue weighted by atomic mass is 9.96. The molecule has 3 heterocycles. The SMILES string of the molecule is CC[C@H](C)[C@@H]1NC(=O)[C@H](Cc2ccccc2)NC(=O)CSC[C@@H](C(N)=O)NC(=O)[C@H](C(C)C)NC(=O)[C@H](Cc2c[nH]c3ccccc23)NC(=O)[C@H](CCCCN)NC(=O)[C@H](C(C)C)NC(=O)[C@H](Cc2c[nH]c3ccccc23)NC(=O)[C@H](CC(N)=O)NC(=O)[C@H](CCCCN)NC(=O)CNC(=O)[C@H](CO)NC1=O. The van der Waals surface area contributed by atoms with Crippen LogP contribution in [0.15, 0.2) is 91.3 Å². The number of fused-ring (bicyclic) bond motifs is 2. The quantitative estimate of drug-likeness (QED) is 0.0328. The van der Waals surface area contributed by atoms with Crippen molar-refractivity contribution in [2.24, 2.45) is 40.7 Å². The molecule has 2 aromatic heterocycles. The Morgan fingerprint density at radius 2 is 0.888 bits per heavy atom. The maximum Gasteiger partial charge on any atom is 0.245 e. The van der Waals surface area contributed by atoms with Crippen LogP contribution in [0.1, 0.15) is 110 Å². The lowest BCUT2D eigenvalue weighted by Gasteiger charge is -2.29. The fourth-order valence-electron chi connectivity index (χ4n) is 12.0. The minimum Gasteiger partial charge on any atom is -0.394 e. The molecule has 14 amide bonds. The van der Waals surface area contributed by atoms with Gasteiger partial charge >= 0.3 is 0 Å². The molecule has 0 aliphatic carbocycles. The second-order valence-electron chi connectivity index (χ2n) is 27.3. The minimum atomic E-state index is -1.81. The first-order chi connectivity index (χ1) is 51.0. The van der Waals surface area contributed by atoms with Crippen LogP contribution in [0.25, 0.3) is 21.8 Å². The monoisotopic (exact) mass is 1500 g/mol. The Morgan fingerprint density at radius 3 is 1.37 bits per heavy atom. The molecule has 0 spiro atoms. The van der Waals surface area contributed by atoms with Crippen molar-refractivity contribution < 1.29 is 72.2 Å². The largest absolute Gasteiger partial charge is 0.394 e. The van der Waals surface area contributed by atoms with E-state index in [9.17, 15) is 67.4 Å². The van der Waals surface area contributed by atoms with Crippen LogP contribution in [0.3, 0.4) is 0 Å². The molecule has 1 saturated heterocycles. The number of carbonyl (C=O) groups excluding carboxylic acids is 14. The third-order valence-electron chi connectivity index (χ3n) is 18.3. The van der Waals surface area contributed by atoms with Gasteiger partial charge in [0.25, 0.3) is 0 Å². The topological polar surface area (TPSA) is 539 Å². The Morgan fingerprint density at radius 1 is 0.467 bits per heavy atom. The fraction of sp³-hybridized carbons (Fsp3) is 0.507. The second-order valence-corrected chi connectivity index (χ2v) is 28.3. The van der Waals surface area contributed by atoms with Crippen LogP contribution < -0.4 is 86.7 Å². The first kappa shape index (κ1) is 85.5. The number of rotatable bonds is 22. The third-order valence-corrected chi connectivity index (χ3v) is 19.4. The Kier molecular flexibility index (Phi) is 34.1. The van der Waals surface area contributed by atoms with Crippen molar-refractivity contribution in [3.8, 4) is 0 Å². The maximum atomic E-state index is 15.0. The van der Waals surface area contributed by atoms with Crippen LogP contribution in [-0.2, 0) is 86.4 Å². The molecule has 5 aromatic rings. The molecule has 0 bridgehead atoms. The number of aromatic nitrogens is 2. The summed E-state index contributed by atoms with van der Waals surface area (Å²) in [5, 5.41) is 43.2. The minimum absolute atomic E-state index is 0.0339. The summed E-state index contributed by atoms with van der Waals surface area (Å²) in [5.41, 5.74) is 26.3. The van der Waals surface area contributed by atoms with Gasteiger partial charge in [0, 0.05) is 59.2 Å². The molecule has 1 fully saturated rings.